The number of hydrogen-bond acceptors (Lipinski definition) is 2. The maximum atomic E-state index is 6.45. The van der Waals surface area contributed by atoms with Gasteiger partial charge in [0.2, 0.25) is 0 Å². The highest BCUT2D eigenvalue weighted by Crippen LogP contribution is 2.49. The summed E-state index contributed by atoms with van der Waals surface area (Å²) in [5.74, 6) is 1.61. The van der Waals surface area contributed by atoms with E-state index in [1.54, 1.807) is 0 Å². The maximum absolute atomic E-state index is 6.45. The van der Waals surface area contributed by atoms with Gasteiger partial charge in [-0.3, -0.25) is 0 Å². The largest absolute Gasteiger partial charge is 0.330 e. The Morgan fingerprint density at radius 2 is 0.952 bits per heavy atom. The summed E-state index contributed by atoms with van der Waals surface area (Å²) in [5, 5.41) is 2.63. The van der Waals surface area contributed by atoms with Crippen molar-refractivity contribution in [3.8, 4) is 0 Å². The van der Waals surface area contributed by atoms with Crippen LogP contribution in [0.25, 0.3) is 0 Å². The van der Waals surface area contributed by atoms with Crippen LogP contribution in [0.4, 0.5) is 0 Å². The van der Waals surface area contributed by atoms with Crippen LogP contribution in [0.15, 0.2) is 84.9 Å². The fourth-order valence-corrected chi connectivity index (χ4v) is 7.36. The molecule has 0 saturated carbocycles. The van der Waals surface area contributed by atoms with E-state index in [9.17, 15) is 0 Å². The Bertz CT molecular complexity index is 1490. The third kappa shape index (κ3) is 7.25. The van der Waals surface area contributed by atoms with Gasteiger partial charge in [-0.05, 0) is 90.8 Å². The van der Waals surface area contributed by atoms with Crippen molar-refractivity contribution >= 4 is 71.2 Å². The van der Waals surface area contributed by atoms with Crippen LogP contribution in [-0.2, 0) is 0 Å². The molecule has 4 aromatic carbocycles. The molecule has 0 amide bonds. The first-order valence-electron chi connectivity index (χ1n) is 13.7. The van der Waals surface area contributed by atoms with Crippen LogP contribution in [0.1, 0.15) is 69.9 Å². The Kier molecular flexibility index (Phi) is 12.9. The van der Waals surface area contributed by atoms with Crippen LogP contribution in [0.3, 0.4) is 0 Å². The molecule has 0 aromatic heterocycles. The molecule has 6 rings (SSSR count). The standard InChI is InChI=1S/C18H19Cl2N.C16H15Cl2N.2ClH/c1-21(2)11-12-10-16(14-7-4-3-6-13(12)14)15-8-5-9-17(19)18(15)20;17-15-7-3-6-13(16(15)18)14-8-10(9-19)11-4-1-2-5-12(11)14;;/h3-9,12,16H,10-11H2,1-2H3;1-7,10,14H,8-9,19H2;2*1H. The van der Waals surface area contributed by atoms with Gasteiger partial charge in [0.1, 0.15) is 0 Å². The normalized spacial score (nSPS) is 20.1. The van der Waals surface area contributed by atoms with Gasteiger partial charge < -0.3 is 10.6 Å². The number of nitrogens with two attached hydrogens (primary N) is 1. The molecule has 8 heteroatoms. The van der Waals surface area contributed by atoms with Crippen LogP contribution in [-0.4, -0.2) is 32.1 Å². The summed E-state index contributed by atoms with van der Waals surface area (Å²) in [4.78, 5) is 2.25. The monoisotopic (exact) mass is 682 g/mol. The Morgan fingerprint density at radius 1 is 0.571 bits per heavy atom. The van der Waals surface area contributed by atoms with Gasteiger partial charge in [-0.2, -0.15) is 0 Å². The van der Waals surface area contributed by atoms with Gasteiger partial charge in [0.25, 0.3) is 0 Å². The third-order valence-corrected chi connectivity index (χ3v) is 9.91. The van der Waals surface area contributed by atoms with E-state index in [0.717, 1.165) is 30.5 Å². The molecule has 4 atom stereocenters. The number of likely N-dealkylation sites (N-methyl/N-ethyl adjacent to an activating group) is 1. The van der Waals surface area contributed by atoms with Crippen molar-refractivity contribution in [2.75, 3.05) is 27.2 Å². The number of fused-ring (bicyclic) bond motifs is 2. The fraction of sp³-hybridized carbons (Fsp3) is 0.294. The minimum Gasteiger partial charge on any atom is -0.330 e. The minimum absolute atomic E-state index is 0. The Labute approximate surface area is 282 Å². The van der Waals surface area contributed by atoms with Crippen molar-refractivity contribution in [3.63, 3.8) is 0 Å². The molecule has 0 aliphatic heterocycles. The molecule has 4 aromatic rings. The topological polar surface area (TPSA) is 29.3 Å². The van der Waals surface area contributed by atoms with E-state index in [-0.39, 0.29) is 24.8 Å². The number of nitrogens with zero attached hydrogens (tertiary/aromatic N) is 1. The summed E-state index contributed by atoms with van der Waals surface area (Å²) in [6.45, 7) is 1.73. The van der Waals surface area contributed by atoms with Gasteiger partial charge >= 0.3 is 0 Å². The molecule has 0 fully saturated rings. The average molecular weight is 685 g/mol. The summed E-state index contributed by atoms with van der Waals surface area (Å²) in [5.41, 5.74) is 13.7. The second kappa shape index (κ2) is 15.5. The van der Waals surface area contributed by atoms with Crippen LogP contribution >= 0.6 is 71.2 Å². The van der Waals surface area contributed by atoms with Crippen molar-refractivity contribution < 1.29 is 0 Å². The third-order valence-electron chi connectivity index (χ3n) is 8.25. The lowest BCUT2D eigenvalue weighted by Crippen LogP contribution is -2.19. The van der Waals surface area contributed by atoms with Crippen molar-refractivity contribution in [2.45, 2.75) is 36.5 Å². The van der Waals surface area contributed by atoms with Crippen molar-refractivity contribution in [1.82, 2.24) is 4.90 Å². The molecular weight excluding hydrogens is 649 g/mol. The van der Waals surface area contributed by atoms with E-state index in [1.807, 2.05) is 24.3 Å². The predicted molar refractivity (Wildman–Crippen MR) is 186 cm³/mol. The van der Waals surface area contributed by atoms with E-state index in [2.05, 4.69) is 79.7 Å². The van der Waals surface area contributed by atoms with Crippen LogP contribution < -0.4 is 5.73 Å². The first-order valence-corrected chi connectivity index (χ1v) is 15.2. The molecule has 2 N–H and O–H groups in total. The Hall–Kier alpha value is -1.46. The Morgan fingerprint density at radius 3 is 1.38 bits per heavy atom. The molecule has 0 radical (unpaired) electrons. The van der Waals surface area contributed by atoms with E-state index >= 15 is 0 Å². The highest BCUT2D eigenvalue weighted by Gasteiger charge is 2.34. The zero-order valence-corrected chi connectivity index (χ0v) is 28.2. The molecule has 0 heterocycles. The van der Waals surface area contributed by atoms with E-state index in [1.165, 1.54) is 22.3 Å². The second-order valence-corrected chi connectivity index (χ2v) is 12.6. The maximum Gasteiger partial charge on any atom is 0.0630 e. The van der Waals surface area contributed by atoms with Gasteiger partial charge in [-0.15, -0.1) is 24.8 Å². The molecule has 42 heavy (non-hydrogen) atoms. The first kappa shape index (κ1) is 35.0. The van der Waals surface area contributed by atoms with E-state index in [0.29, 0.717) is 50.3 Å². The summed E-state index contributed by atoms with van der Waals surface area (Å²) in [6, 6.07) is 29.0. The zero-order valence-electron chi connectivity index (χ0n) is 23.6. The smallest absolute Gasteiger partial charge is 0.0630 e. The highest BCUT2D eigenvalue weighted by molar-refractivity contribution is 6.43. The highest BCUT2D eigenvalue weighted by atomic mass is 35.5. The minimum atomic E-state index is 0. The second-order valence-electron chi connectivity index (χ2n) is 11.0. The molecular formula is C34H36Cl6N2. The lowest BCUT2D eigenvalue weighted by atomic mass is 9.92. The van der Waals surface area contributed by atoms with Crippen molar-refractivity contribution in [3.05, 3.63) is 138 Å². The summed E-state index contributed by atoms with van der Waals surface area (Å²) in [7, 11) is 4.25. The predicted octanol–water partition coefficient (Wildman–Crippen LogP) is 10.6. The van der Waals surface area contributed by atoms with Crippen LogP contribution in [0, 0.1) is 0 Å². The van der Waals surface area contributed by atoms with Gasteiger partial charge in [-0.1, -0.05) is 119 Å². The van der Waals surface area contributed by atoms with Crippen molar-refractivity contribution in [1.29, 1.82) is 0 Å². The number of hydrogen-bond donors (Lipinski definition) is 1. The summed E-state index contributed by atoms with van der Waals surface area (Å²) >= 11 is 25.2. The lowest BCUT2D eigenvalue weighted by molar-refractivity contribution is 0.368. The SMILES string of the molecule is CN(C)CC1CC(c2cccc(Cl)c2Cl)c2ccccc21.Cl.Cl.NCC1CC(c2cccc(Cl)c2Cl)c2ccccc21. The number of rotatable bonds is 5. The molecule has 4 unspecified atom stereocenters. The van der Waals surface area contributed by atoms with E-state index < -0.39 is 0 Å². The van der Waals surface area contributed by atoms with Crippen molar-refractivity contribution in [2.24, 2.45) is 5.73 Å². The molecule has 2 aliphatic carbocycles. The first-order chi connectivity index (χ1) is 19.3. The molecule has 0 bridgehead atoms. The van der Waals surface area contributed by atoms with Gasteiger partial charge in [-0.25, -0.2) is 0 Å². The number of benzene rings is 4. The van der Waals surface area contributed by atoms with Gasteiger partial charge in [0, 0.05) is 18.4 Å². The Balaban J connectivity index is 0.000000221. The molecule has 0 spiro atoms. The quantitative estimate of drug-likeness (QED) is 0.227. The van der Waals surface area contributed by atoms with E-state index in [4.69, 9.17) is 52.1 Å². The summed E-state index contributed by atoms with van der Waals surface area (Å²) in [6.07, 6.45) is 2.10. The fourth-order valence-electron chi connectivity index (χ4n) is 6.48. The van der Waals surface area contributed by atoms with Crippen LogP contribution in [0.5, 0.6) is 0 Å². The molecule has 2 nitrogen and oxygen atoms in total. The molecule has 2 aliphatic rings. The molecule has 224 valence electrons. The number of halogens is 6. The van der Waals surface area contributed by atoms with Gasteiger partial charge in [0.15, 0.2) is 0 Å². The zero-order chi connectivity index (χ0) is 28.4. The lowest BCUT2D eigenvalue weighted by Gasteiger charge is -2.18. The van der Waals surface area contributed by atoms with Gasteiger partial charge in [0.05, 0.1) is 20.1 Å². The van der Waals surface area contributed by atoms with Crippen LogP contribution in [0.2, 0.25) is 20.1 Å². The molecule has 0 saturated heterocycles. The summed E-state index contributed by atoms with van der Waals surface area (Å²) < 4.78 is 0. The average Bonchev–Trinajstić information content (AvgIpc) is 3.50.